The number of carbonyl (C=O) groups excluding carboxylic acids is 6. The fourth-order valence-corrected chi connectivity index (χ4v) is 16.6. The van der Waals surface area contributed by atoms with Crippen molar-refractivity contribution >= 4 is 58.0 Å². The molecule has 456 valence electrons. The number of phenolic OH excluding ortho intramolecular Hbond substituents is 2. The largest absolute Gasteiger partial charge is 0.504 e. The van der Waals surface area contributed by atoms with Crippen molar-refractivity contribution < 1.29 is 58.7 Å². The van der Waals surface area contributed by atoms with Crippen molar-refractivity contribution in [3.63, 3.8) is 0 Å². The maximum absolute atomic E-state index is 13.2. The number of nitrogens with two attached hydrogens (primary N) is 1. The molecule has 2 spiro atoms. The molecule has 14 rings (SSSR count). The lowest BCUT2D eigenvalue weighted by atomic mass is 9.48. The molecule has 3 aromatic carbocycles. The highest BCUT2D eigenvalue weighted by atomic mass is 16.5. The summed E-state index contributed by atoms with van der Waals surface area (Å²) in [4.78, 5) is 88.7. The number of aromatic hydroxyl groups is 2. The number of amides is 6. The van der Waals surface area contributed by atoms with Crippen molar-refractivity contribution in [2.45, 2.75) is 142 Å². The highest BCUT2D eigenvalue weighted by molar-refractivity contribution is 5.97. The third kappa shape index (κ3) is 9.43. The number of aliphatic hydroxyl groups is 2. The molecule has 4 bridgehead atoms. The van der Waals surface area contributed by atoms with Crippen LogP contribution in [0.2, 0.25) is 0 Å². The van der Waals surface area contributed by atoms with Gasteiger partial charge in [-0.2, -0.15) is 0 Å². The van der Waals surface area contributed by atoms with Crippen LogP contribution in [0.1, 0.15) is 110 Å². The van der Waals surface area contributed by atoms with E-state index in [4.69, 9.17) is 15.2 Å². The second-order valence-electron chi connectivity index (χ2n) is 26.0. The fraction of sp³-hybridized carbons (Fsp3) is 0.565. The Kier molecular flexibility index (Phi) is 13.9. The average molecular weight is 1180 g/mol. The molecule has 86 heavy (non-hydrogen) atoms. The predicted octanol–water partition coefficient (Wildman–Crippen LogP) is 0.505. The summed E-state index contributed by atoms with van der Waals surface area (Å²) in [5.74, 6) is -0.802. The predicted molar refractivity (Wildman–Crippen MR) is 312 cm³/mol. The molecule has 4 aromatic rings. The Labute approximate surface area is 496 Å². The lowest BCUT2D eigenvalue weighted by Gasteiger charge is -2.64. The van der Waals surface area contributed by atoms with Crippen LogP contribution in [0.3, 0.4) is 0 Å². The van der Waals surface area contributed by atoms with Gasteiger partial charge in [-0.1, -0.05) is 12.1 Å². The second-order valence-corrected chi connectivity index (χ2v) is 26.0. The number of benzene rings is 3. The van der Waals surface area contributed by atoms with E-state index in [2.05, 4.69) is 57.0 Å². The molecular formula is C62H76N12O12. The van der Waals surface area contributed by atoms with E-state index in [1.165, 1.54) is 25.7 Å². The summed E-state index contributed by atoms with van der Waals surface area (Å²) < 4.78 is 13.2. The summed E-state index contributed by atoms with van der Waals surface area (Å²) in [7, 11) is 0. The number of anilines is 1. The van der Waals surface area contributed by atoms with Gasteiger partial charge >= 0.3 is 0 Å². The van der Waals surface area contributed by atoms with Crippen LogP contribution >= 0.6 is 0 Å². The number of rotatable bonds is 21. The van der Waals surface area contributed by atoms with E-state index in [0.717, 1.165) is 77.0 Å². The van der Waals surface area contributed by atoms with E-state index in [-0.39, 0.29) is 62.0 Å². The Morgan fingerprint density at radius 2 is 1.26 bits per heavy atom. The number of H-pyrrole nitrogens is 1. The van der Waals surface area contributed by atoms with Gasteiger partial charge in [-0.25, -0.2) is 0 Å². The first kappa shape index (κ1) is 56.2. The highest BCUT2D eigenvalue weighted by Crippen LogP contribution is 2.70. The molecule has 3 saturated carbocycles. The number of nitrogens with zero attached hydrogens (tertiary/aromatic N) is 3. The number of aliphatic imine (C=N–C) groups is 1. The zero-order valence-electron chi connectivity index (χ0n) is 48.0. The molecule has 0 unspecified atom stereocenters. The highest BCUT2D eigenvalue weighted by Gasteiger charge is 2.74. The van der Waals surface area contributed by atoms with E-state index in [1.807, 2.05) is 30.3 Å². The van der Waals surface area contributed by atoms with Gasteiger partial charge in [0.05, 0.1) is 53.9 Å². The van der Waals surface area contributed by atoms with Crippen molar-refractivity contribution in [3.8, 4) is 23.0 Å². The van der Waals surface area contributed by atoms with Crippen LogP contribution in [-0.4, -0.2) is 177 Å². The average Bonchev–Trinajstić information content (AvgIpc) is 1.38. The van der Waals surface area contributed by atoms with Crippen LogP contribution in [0.5, 0.6) is 23.0 Å². The summed E-state index contributed by atoms with van der Waals surface area (Å²) in [6.07, 6.45) is 7.65. The van der Waals surface area contributed by atoms with E-state index in [1.54, 1.807) is 12.1 Å². The summed E-state index contributed by atoms with van der Waals surface area (Å²) in [5, 5.41) is 67.6. The third-order valence-electron chi connectivity index (χ3n) is 20.8. The minimum absolute atomic E-state index is 0.0464. The molecule has 6 aliphatic carbocycles. The molecular weight excluding hydrogens is 1100 g/mol. The van der Waals surface area contributed by atoms with E-state index < -0.39 is 88.8 Å². The SMILES string of the molecule is NC(=NCCCNC(=O)CNC(=O)CNC(=O)CCC(=O)NCC(=O)NCC(=O)N[C@H]1C[C@@H]2Oc3c(O)ccc4c3[C@@]23CCN(CC2CC2)[C@H](C4)[C@]3(O)C1)Nc1ccc2[nH]c3c(c2c1)C[C@@]1(O)[C@H]2Cc4ccc(O)c5c4[C@@]1(CCN2CC1CC1)[C@H]3O5. The molecule has 4 aliphatic heterocycles. The van der Waals surface area contributed by atoms with Gasteiger partial charge in [-0.3, -0.25) is 43.6 Å². The van der Waals surface area contributed by atoms with Crippen molar-refractivity contribution in [1.29, 1.82) is 0 Å². The molecule has 5 fully saturated rings. The summed E-state index contributed by atoms with van der Waals surface area (Å²) in [6.45, 7) is 2.56. The molecule has 5 heterocycles. The summed E-state index contributed by atoms with van der Waals surface area (Å²) >= 11 is 0. The first-order chi connectivity index (χ1) is 41.4. The molecule has 2 saturated heterocycles. The minimum atomic E-state index is -1.21. The second kappa shape index (κ2) is 21.3. The van der Waals surface area contributed by atoms with Crippen LogP contribution < -0.4 is 52.4 Å². The molecule has 24 heteroatoms. The van der Waals surface area contributed by atoms with Crippen molar-refractivity contribution in [2.75, 3.05) is 70.8 Å². The van der Waals surface area contributed by atoms with Gasteiger partial charge in [0, 0.05) is 97.7 Å². The van der Waals surface area contributed by atoms with Gasteiger partial charge in [-0.05, 0) is 136 Å². The lowest BCUT2D eigenvalue weighted by Crippen LogP contribution is -2.77. The van der Waals surface area contributed by atoms with Crippen LogP contribution in [0.25, 0.3) is 10.9 Å². The van der Waals surface area contributed by atoms with E-state index >= 15 is 0 Å². The van der Waals surface area contributed by atoms with Crippen LogP contribution in [0.4, 0.5) is 5.69 Å². The number of piperidine rings is 2. The Morgan fingerprint density at radius 3 is 1.90 bits per heavy atom. The number of fused-ring (bicyclic) bond motifs is 4. The Bertz CT molecular complexity index is 3510. The number of phenols is 2. The molecule has 24 nitrogen and oxygen atoms in total. The van der Waals surface area contributed by atoms with Gasteiger partial charge in [0.1, 0.15) is 6.10 Å². The molecule has 9 atom stereocenters. The molecule has 6 amide bonds. The van der Waals surface area contributed by atoms with E-state index in [0.29, 0.717) is 80.5 Å². The fourth-order valence-electron chi connectivity index (χ4n) is 16.6. The summed E-state index contributed by atoms with van der Waals surface area (Å²) in [5.41, 5.74) is 10.2. The monoisotopic (exact) mass is 1180 g/mol. The Balaban J connectivity index is 0.477. The first-order valence-electron chi connectivity index (χ1n) is 30.8. The van der Waals surface area contributed by atoms with Crippen LogP contribution in [0.15, 0.2) is 47.5 Å². The molecule has 10 aliphatic rings. The van der Waals surface area contributed by atoms with Crippen molar-refractivity contribution in [3.05, 3.63) is 76.0 Å². The lowest BCUT2D eigenvalue weighted by molar-refractivity contribution is -0.191. The van der Waals surface area contributed by atoms with Gasteiger partial charge in [0.15, 0.2) is 35.1 Å². The van der Waals surface area contributed by atoms with E-state index in [9.17, 15) is 49.2 Å². The number of aromatic nitrogens is 1. The van der Waals surface area contributed by atoms with Gasteiger partial charge in [0.2, 0.25) is 35.4 Å². The first-order valence-corrected chi connectivity index (χ1v) is 30.8. The zero-order valence-corrected chi connectivity index (χ0v) is 48.0. The number of likely N-dealkylation sites (tertiary alicyclic amines) is 2. The number of hydrogen-bond acceptors (Lipinski definition) is 15. The zero-order chi connectivity index (χ0) is 59.4. The number of aromatic amines is 1. The smallest absolute Gasteiger partial charge is 0.239 e. The molecule has 1 aromatic heterocycles. The Hall–Kier alpha value is -7.67. The summed E-state index contributed by atoms with van der Waals surface area (Å²) in [6, 6.07) is 12.5. The van der Waals surface area contributed by atoms with Gasteiger partial charge in [-0.15, -0.1) is 0 Å². The molecule has 0 radical (unpaired) electrons. The number of carbonyl (C=O) groups is 6. The maximum Gasteiger partial charge on any atom is 0.239 e. The topological polar surface area (TPSA) is 347 Å². The maximum atomic E-state index is 13.2. The number of hydrogen-bond donors (Lipinski definition) is 13. The third-order valence-corrected chi connectivity index (χ3v) is 20.8. The van der Waals surface area contributed by atoms with Crippen molar-refractivity contribution in [1.82, 2.24) is 46.7 Å². The number of nitrogens with one attached hydrogen (secondary N) is 8. The van der Waals surface area contributed by atoms with Crippen LogP contribution in [0, 0.1) is 11.8 Å². The van der Waals surface area contributed by atoms with Gasteiger partial charge < -0.3 is 77.8 Å². The van der Waals surface area contributed by atoms with Gasteiger partial charge in [0.25, 0.3) is 0 Å². The Morgan fingerprint density at radius 1 is 0.686 bits per heavy atom. The number of guanidine groups is 1. The quantitative estimate of drug-likeness (QED) is 0.0307. The normalized spacial score (nSPS) is 29.5. The minimum Gasteiger partial charge on any atom is -0.504 e. The molecule has 14 N–H and O–H groups in total. The standard InChI is InChI=1S/C62H76N12O12/c63-58(71-36-8-9-40-38(22-36)39-25-62(84)44-21-35-7-11-42(76)56-53(35)60(62,57(86-56)54(39)72-40)15-19-74(44)31-33-4-5-33)65-17-1-16-64-48(79)26-68-49(80)27-66-46(77)12-13-47(78)67-28-50(81)69-29-51(82)70-37-23-45-59-14-18-73(30-32-2-3-32)43(61(59,83)24-37)20-34-6-10-41(75)55(85-45)52(34)59/h6-11,22,32-33,37,43-45,57,72,75-76,83-84H,1-5,12-21,23-31H2,(H,64,79)(H,66,77)(H,67,78)(H,68,80)(H,69,81)(H,70,82)(H3,63,65,71)/t37-,43+,44+,45-,57-,59+,60-,61+,62+/m0/s1. The van der Waals surface area contributed by atoms with Crippen LogP contribution in [-0.2, 0) is 58.9 Å². The van der Waals surface area contributed by atoms with Crippen molar-refractivity contribution in [2.24, 2.45) is 22.6 Å². The number of ether oxygens (including phenoxy) is 2.